The first-order valence-electron chi connectivity index (χ1n) is 8.84. The Balaban J connectivity index is 2.06. The van der Waals surface area contributed by atoms with Crippen LogP contribution in [0.4, 0.5) is 0 Å². The molecule has 2 aliphatic carbocycles. The number of benzene rings is 2. The highest BCUT2D eigenvalue weighted by Gasteiger charge is 2.56. The Morgan fingerprint density at radius 2 is 1.08 bits per heavy atom. The Hall–Kier alpha value is -2.58. The SMILES string of the molecule is CC1(C)CC2(CC(C)(C)c3ccc(C#N)cc32)c2cc(C#N)ccc21. The van der Waals surface area contributed by atoms with E-state index in [2.05, 4.69) is 64.1 Å². The summed E-state index contributed by atoms with van der Waals surface area (Å²) in [5, 5.41) is 18.8. The van der Waals surface area contributed by atoms with Crippen molar-refractivity contribution in [2.45, 2.75) is 56.8 Å². The van der Waals surface area contributed by atoms with E-state index in [0.29, 0.717) is 0 Å². The van der Waals surface area contributed by atoms with Crippen LogP contribution in [0.3, 0.4) is 0 Å². The topological polar surface area (TPSA) is 47.6 Å². The largest absolute Gasteiger partial charge is 0.192 e. The van der Waals surface area contributed by atoms with Gasteiger partial charge in [0.2, 0.25) is 0 Å². The van der Waals surface area contributed by atoms with Crippen LogP contribution in [-0.4, -0.2) is 0 Å². The summed E-state index contributed by atoms with van der Waals surface area (Å²) >= 11 is 0. The van der Waals surface area contributed by atoms with Crippen LogP contribution in [0.2, 0.25) is 0 Å². The van der Waals surface area contributed by atoms with Crippen molar-refractivity contribution in [2.24, 2.45) is 0 Å². The molecule has 0 unspecified atom stereocenters. The van der Waals surface area contributed by atoms with Crippen LogP contribution < -0.4 is 0 Å². The van der Waals surface area contributed by atoms with Gasteiger partial charge < -0.3 is 0 Å². The molecular formula is C23H22N2. The zero-order valence-electron chi connectivity index (χ0n) is 15.3. The summed E-state index contributed by atoms with van der Waals surface area (Å²) in [6.07, 6.45) is 2.05. The molecule has 2 aromatic rings. The summed E-state index contributed by atoms with van der Waals surface area (Å²) in [6, 6.07) is 16.9. The summed E-state index contributed by atoms with van der Waals surface area (Å²) in [5.74, 6) is 0. The predicted molar refractivity (Wildman–Crippen MR) is 98.4 cm³/mol. The van der Waals surface area contributed by atoms with Gasteiger partial charge >= 0.3 is 0 Å². The average Bonchev–Trinajstić information content (AvgIpc) is 2.94. The number of nitriles is 2. The van der Waals surface area contributed by atoms with Crippen LogP contribution in [0.25, 0.3) is 0 Å². The monoisotopic (exact) mass is 326 g/mol. The Morgan fingerprint density at radius 1 is 0.680 bits per heavy atom. The maximum Gasteiger partial charge on any atom is 0.0991 e. The number of fused-ring (bicyclic) bond motifs is 4. The van der Waals surface area contributed by atoms with Gasteiger partial charge in [-0.3, -0.25) is 0 Å². The van der Waals surface area contributed by atoms with Crippen molar-refractivity contribution >= 4 is 0 Å². The van der Waals surface area contributed by atoms with Gasteiger partial charge in [0.1, 0.15) is 0 Å². The molecule has 2 heteroatoms. The predicted octanol–water partition coefficient (Wildman–Crippen LogP) is 5.08. The molecule has 0 aliphatic heterocycles. The van der Waals surface area contributed by atoms with Crippen molar-refractivity contribution in [3.05, 3.63) is 69.8 Å². The van der Waals surface area contributed by atoms with E-state index in [-0.39, 0.29) is 16.2 Å². The fourth-order valence-electron chi connectivity index (χ4n) is 5.49. The highest BCUT2D eigenvalue weighted by molar-refractivity contribution is 5.62. The molecule has 1 spiro atoms. The maximum atomic E-state index is 9.42. The highest BCUT2D eigenvalue weighted by atomic mass is 14.6. The van der Waals surface area contributed by atoms with Gasteiger partial charge in [-0.15, -0.1) is 0 Å². The van der Waals surface area contributed by atoms with Crippen LogP contribution >= 0.6 is 0 Å². The first kappa shape index (κ1) is 15.9. The van der Waals surface area contributed by atoms with E-state index in [4.69, 9.17) is 0 Å². The lowest BCUT2D eigenvalue weighted by Crippen LogP contribution is -2.27. The van der Waals surface area contributed by atoms with Crippen molar-refractivity contribution in [1.29, 1.82) is 10.5 Å². The molecule has 0 saturated carbocycles. The second kappa shape index (κ2) is 4.74. The van der Waals surface area contributed by atoms with Gasteiger partial charge in [0.05, 0.1) is 23.3 Å². The van der Waals surface area contributed by atoms with Crippen LogP contribution in [0, 0.1) is 22.7 Å². The second-order valence-corrected chi connectivity index (χ2v) is 8.95. The van der Waals surface area contributed by atoms with Gasteiger partial charge in [-0.05, 0) is 70.2 Å². The van der Waals surface area contributed by atoms with Crippen LogP contribution in [0.15, 0.2) is 36.4 Å². The molecule has 0 bridgehead atoms. The van der Waals surface area contributed by atoms with Crippen molar-refractivity contribution < 1.29 is 0 Å². The highest BCUT2D eigenvalue weighted by Crippen LogP contribution is 2.62. The molecule has 124 valence electrons. The first-order valence-corrected chi connectivity index (χ1v) is 8.84. The Kier molecular flexibility index (Phi) is 3.02. The zero-order valence-corrected chi connectivity index (χ0v) is 15.3. The summed E-state index contributed by atoms with van der Waals surface area (Å²) in [5.41, 5.74) is 6.73. The lowest BCUT2D eigenvalue weighted by molar-refractivity contribution is 0.349. The molecular weight excluding hydrogens is 304 g/mol. The Labute approximate surface area is 149 Å². The minimum absolute atomic E-state index is 0.0592. The lowest BCUT2D eigenvalue weighted by Gasteiger charge is -2.30. The molecule has 0 radical (unpaired) electrons. The summed E-state index contributed by atoms with van der Waals surface area (Å²) in [4.78, 5) is 0. The molecule has 0 atom stereocenters. The minimum Gasteiger partial charge on any atom is -0.192 e. The van der Waals surface area contributed by atoms with Gasteiger partial charge in [-0.1, -0.05) is 39.8 Å². The molecule has 25 heavy (non-hydrogen) atoms. The second-order valence-electron chi connectivity index (χ2n) is 8.95. The zero-order chi connectivity index (χ0) is 18.0. The molecule has 0 heterocycles. The molecule has 2 nitrogen and oxygen atoms in total. The van der Waals surface area contributed by atoms with Crippen LogP contribution in [0.1, 0.15) is 73.9 Å². The average molecular weight is 326 g/mol. The molecule has 0 fully saturated rings. The van der Waals surface area contributed by atoms with Gasteiger partial charge in [0.15, 0.2) is 0 Å². The molecule has 2 aliphatic rings. The van der Waals surface area contributed by atoms with E-state index in [1.165, 1.54) is 22.3 Å². The summed E-state index contributed by atoms with van der Waals surface area (Å²) < 4.78 is 0. The summed E-state index contributed by atoms with van der Waals surface area (Å²) in [6.45, 7) is 9.19. The number of hydrogen-bond donors (Lipinski definition) is 0. The molecule has 4 rings (SSSR count). The third-order valence-corrected chi connectivity index (χ3v) is 6.27. The molecule has 0 saturated heterocycles. The van der Waals surface area contributed by atoms with E-state index < -0.39 is 0 Å². The molecule has 0 aromatic heterocycles. The van der Waals surface area contributed by atoms with Gasteiger partial charge in [0.25, 0.3) is 0 Å². The molecule has 0 amide bonds. The lowest BCUT2D eigenvalue weighted by atomic mass is 9.72. The van der Waals surface area contributed by atoms with E-state index in [9.17, 15) is 10.5 Å². The maximum absolute atomic E-state index is 9.42. The van der Waals surface area contributed by atoms with Gasteiger partial charge in [0, 0.05) is 5.41 Å². The normalized spacial score (nSPS) is 20.6. The third-order valence-electron chi connectivity index (χ3n) is 6.27. The molecule has 0 N–H and O–H groups in total. The van der Waals surface area contributed by atoms with Crippen molar-refractivity contribution in [2.75, 3.05) is 0 Å². The van der Waals surface area contributed by atoms with Crippen molar-refractivity contribution in [1.82, 2.24) is 0 Å². The number of rotatable bonds is 0. The summed E-state index contributed by atoms with van der Waals surface area (Å²) in [7, 11) is 0. The van der Waals surface area contributed by atoms with Gasteiger partial charge in [-0.2, -0.15) is 10.5 Å². The van der Waals surface area contributed by atoms with Crippen molar-refractivity contribution in [3.63, 3.8) is 0 Å². The standard InChI is InChI=1S/C23H22N2/c1-21(2)13-23(19-9-15(11-24)5-7-17(19)21)14-22(3,4)18-8-6-16(12-25)10-20(18)23/h5-10H,13-14H2,1-4H3. The van der Waals surface area contributed by atoms with Crippen LogP contribution in [0.5, 0.6) is 0 Å². The third kappa shape index (κ3) is 2.01. The van der Waals surface area contributed by atoms with E-state index >= 15 is 0 Å². The van der Waals surface area contributed by atoms with E-state index in [1.54, 1.807) is 0 Å². The van der Waals surface area contributed by atoms with Crippen molar-refractivity contribution in [3.8, 4) is 12.1 Å². The molecule has 2 aromatic carbocycles. The Morgan fingerprint density at radius 3 is 1.44 bits per heavy atom. The number of nitrogens with zero attached hydrogens (tertiary/aromatic N) is 2. The Bertz CT molecular complexity index is 899. The number of hydrogen-bond acceptors (Lipinski definition) is 2. The fourth-order valence-corrected chi connectivity index (χ4v) is 5.49. The minimum atomic E-state index is -0.0998. The van der Waals surface area contributed by atoms with Crippen LogP contribution in [-0.2, 0) is 16.2 Å². The van der Waals surface area contributed by atoms with Gasteiger partial charge in [-0.25, -0.2) is 0 Å². The smallest absolute Gasteiger partial charge is 0.0991 e. The van der Waals surface area contributed by atoms with E-state index in [1.807, 2.05) is 12.1 Å². The quantitative estimate of drug-likeness (QED) is 0.678. The first-order chi connectivity index (χ1) is 11.7. The van der Waals surface area contributed by atoms with E-state index in [0.717, 1.165) is 24.0 Å². The fraction of sp³-hybridized carbons (Fsp3) is 0.391.